The third-order valence-corrected chi connectivity index (χ3v) is 5.43. The molecule has 6 nitrogen and oxygen atoms in total. The number of furan rings is 1. The molecule has 0 bridgehead atoms. The Labute approximate surface area is 121 Å². The van der Waals surface area contributed by atoms with E-state index in [1.165, 1.54) is 30.5 Å². The third kappa shape index (κ3) is 3.42. The first-order valence-electron chi connectivity index (χ1n) is 6.21. The summed E-state index contributed by atoms with van der Waals surface area (Å²) in [6.45, 7) is 0. The minimum atomic E-state index is -4.48. The van der Waals surface area contributed by atoms with Gasteiger partial charge in [0.25, 0.3) is 0 Å². The minimum Gasteiger partial charge on any atom is -0.549 e. The Morgan fingerprint density at radius 2 is 1.90 bits per heavy atom. The van der Waals surface area contributed by atoms with Gasteiger partial charge >= 0.3 is 0 Å². The molecule has 0 radical (unpaired) electrons. The van der Waals surface area contributed by atoms with Gasteiger partial charge in [0.15, 0.2) is 5.85 Å². The van der Waals surface area contributed by atoms with E-state index in [1.807, 2.05) is 0 Å². The first-order chi connectivity index (χ1) is 9.93. The number of aliphatic carboxylic acids is 1. The van der Waals surface area contributed by atoms with Crippen molar-refractivity contribution in [2.75, 3.05) is 0 Å². The lowest BCUT2D eigenvalue weighted by Crippen LogP contribution is -2.38. The Balaban J connectivity index is 2.29. The van der Waals surface area contributed by atoms with E-state index < -0.39 is 24.8 Å². The normalized spacial score (nSPS) is 16.9. The van der Waals surface area contributed by atoms with Gasteiger partial charge in [-0.2, -0.15) is 0 Å². The van der Waals surface area contributed by atoms with Crippen LogP contribution in [0.1, 0.15) is 17.2 Å². The second-order valence-electron chi connectivity index (χ2n) is 4.58. The Hall–Kier alpha value is -1.88. The predicted molar refractivity (Wildman–Crippen MR) is 72.4 cm³/mol. The van der Waals surface area contributed by atoms with Gasteiger partial charge in [-0.15, -0.1) is 0 Å². The molecule has 7 heteroatoms. The van der Waals surface area contributed by atoms with Crippen LogP contribution in [0.3, 0.4) is 0 Å². The topological polar surface area (TPSA) is 111 Å². The molecule has 2 N–H and O–H groups in total. The highest BCUT2D eigenvalue weighted by molar-refractivity contribution is 7.59. The van der Waals surface area contributed by atoms with Gasteiger partial charge in [-0.25, -0.2) is 0 Å². The molecule has 1 aromatic heterocycles. The lowest BCUT2D eigenvalue weighted by Gasteiger charge is -2.27. The van der Waals surface area contributed by atoms with Crippen molar-refractivity contribution in [1.82, 2.24) is 0 Å². The smallest absolute Gasteiger partial charge is 0.241 e. The average molecular weight is 309 g/mol. The van der Waals surface area contributed by atoms with E-state index in [4.69, 9.17) is 4.42 Å². The van der Waals surface area contributed by atoms with E-state index in [0.29, 0.717) is 0 Å². The molecular formula is C14H14O6P-. The van der Waals surface area contributed by atoms with Crippen LogP contribution >= 0.6 is 7.37 Å². The van der Waals surface area contributed by atoms with Crippen molar-refractivity contribution in [2.24, 2.45) is 0 Å². The highest BCUT2D eigenvalue weighted by Crippen LogP contribution is 2.58. The predicted octanol–water partition coefficient (Wildman–Crippen LogP) is 0.902. The van der Waals surface area contributed by atoms with Crippen molar-refractivity contribution in [3.63, 3.8) is 0 Å². The summed E-state index contributed by atoms with van der Waals surface area (Å²) in [4.78, 5) is 21.3. The van der Waals surface area contributed by atoms with Crippen LogP contribution in [-0.4, -0.2) is 21.6 Å². The molecule has 0 amide bonds. The molecule has 0 saturated heterocycles. The zero-order valence-corrected chi connectivity index (χ0v) is 11.8. The zero-order valence-electron chi connectivity index (χ0n) is 11.0. The van der Waals surface area contributed by atoms with Crippen molar-refractivity contribution in [3.8, 4) is 0 Å². The summed E-state index contributed by atoms with van der Waals surface area (Å²) in [7, 11) is -4.48. The van der Waals surface area contributed by atoms with Crippen molar-refractivity contribution in [1.29, 1.82) is 0 Å². The molecule has 1 aromatic carbocycles. The number of carbonyl (C=O) groups is 1. The van der Waals surface area contributed by atoms with Crippen molar-refractivity contribution >= 4 is 13.3 Å². The molecule has 0 fully saturated rings. The molecule has 112 valence electrons. The monoisotopic (exact) mass is 309 g/mol. The summed E-state index contributed by atoms with van der Waals surface area (Å²) < 4.78 is 17.4. The summed E-state index contributed by atoms with van der Waals surface area (Å²) in [5.41, 5.74) is -1.58. The molecule has 0 aliphatic heterocycles. The Morgan fingerprint density at radius 3 is 2.43 bits per heavy atom. The Kier molecular flexibility index (Phi) is 4.63. The maximum atomic E-state index is 12.4. The molecule has 3 atom stereocenters. The fraction of sp³-hybridized carbons (Fsp3) is 0.214. The first-order valence-corrected chi connectivity index (χ1v) is 8.01. The largest absolute Gasteiger partial charge is 0.549 e. The fourth-order valence-corrected chi connectivity index (χ4v) is 3.68. The maximum absolute atomic E-state index is 12.4. The molecule has 0 saturated carbocycles. The number of rotatable bonds is 6. The van der Waals surface area contributed by atoms with E-state index in [-0.39, 0.29) is 17.7 Å². The highest BCUT2D eigenvalue weighted by atomic mass is 31.2. The fourth-order valence-electron chi connectivity index (χ4n) is 1.99. The summed E-state index contributed by atoms with van der Waals surface area (Å²) in [5, 5.41) is 21.3. The van der Waals surface area contributed by atoms with Crippen LogP contribution in [0.15, 0.2) is 53.1 Å². The van der Waals surface area contributed by atoms with E-state index in [9.17, 15) is 24.5 Å². The van der Waals surface area contributed by atoms with Gasteiger partial charge in [-0.1, -0.05) is 30.3 Å². The highest BCUT2D eigenvalue weighted by Gasteiger charge is 2.40. The zero-order chi connectivity index (χ0) is 15.5. The number of carbonyl (C=O) groups excluding carboxylic acids is 1. The molecule has 0 spiro atoms. The molecule has 0 aliphatic carbocycles. The summed E-state index contributed by atoms with van der Waals surface area (Å²) in [6.07, 6.45) is 1.00. The van der Waals surface area contributed by atoms with E-state index in [1.54, 1.807) is 18.2 Å². The number of carboxylic acids is 1. The number of hydrogen-bond donors (Lipinski definition) is 2. The molecule has 1 unspecified atom stereocenters. The van der Waals surface area contributed by atoms with Gasteiger partial charge in [0.05, 0.1) is 17.9 Å². The van der Waals surface area contributed by atoms with Gasteiger partial charge in [0, 0.05) is 6.42 Å². The van der Waals surface area contributed by atoms with Crippen molar-refractivity contribution < 1.29 is 28.9 Å². The summed E-state index contributed by atoms with van der Waals surface area (Å²) in [5.74, 6) is -3.26. The number of carboxylic acid groups (broad SMARTS) is 1. The quantitative estimate of drug-likeness (QED) is 0.767. The minimum absolute atomic E-state index is 0.175. The standard InChI is InChI=1S/C14H15O6P/c15-13(16)12(9-11-7-4-8-20-11)21(18,19)14(17)10-5-2-1-3-6-10/h1-8,12,14,17H,9H2,(H,15,16)(H,18,19)/p-1/t12-,14+/m0/s1. The molecular weight excluding hydrogens is 295 g/mol. The lowest BCUT2D eigenvalue weighted by molar-refractivity contribution is -0.305. The van der Waals surface area contributed by atoms with E-state index in [2.05, 4.69) is 0 Å². The molecule has 0 aliphatic rings. The maximum Gasteiger partial charge on any atom is 0.241 e. The van der Waals surface area contributed by atoms with Gasteiger partial charge in [0.2, 0.25) is 7.37 Å². The molecule has 1 heterocycles. The second kappa shape index (κ2) is 6.26. The van der Waals surface area contributed by atoms with E-state index >= 15 is 0 Å². The molecule has 21 heavy (non-hydrogen) atoms. The van der Waals surface area contributed by atoms with Crippen LogP contribution in [0.4, 0.5) is 0 Å². The summed E-state index contributed by atoms with van der Waals surface area (Å²) >= 11 is 0. The number of aliphatic hydroxyl groups excluding tert-OH is 1. The van der Waals surface area contributed by atoms with Gasteiger partial charge < -0.3 is 24.3 Å². The second-order valence-corrected chi connectivity index (χ2v) is 7.03. The molecule has 2 aromatic rings. The van der Waals surface area contributed by atoms with Crippen LogP contribution in [0.5, 0.6) is 0 Å². The lowest BCUT2D eigenvalue weighted by atomic mass is 10.2. The van der Waals surface area contributed by atoms with E-state index in [0.717, 1.165) is 0 Å². The van der Waals surface area contributed by atoms with Crippen molar-refractivity contribution in [2.45, 2.75) is 17.9 Å². The Bertz CT molecular complexity index is 637. The third-order valence-electron chi connectivity index (χ3n) is 3.14. The number of hydrogen-bond acceptors (Lipinski definition) is 5. The van der Waals surface area contributed by atoms with Crippen LogP contribution in [-0.2, 0) is 15.8 Å². The van der Waals surface area contributed by atoms with Crippen LogP contribution in [0, 0.1) is 0 Å². The average Bonchev–Trinajstić information content (AvgIpc) is 2.97. The van der Waals surface area contributed by atoms with Crippen LogP contribution in [0.25, 0.3) is 0 Å². The Morgan fingerprint density at radius 1 is 1.24 bits per heavy atom. The summed E-state index contributed by atoms with van der Waals surface area (Å²) in [6, 6.07) is 10.8. The number of aliphatic hydroxyl groups is 1. The van der Waals surface area contributed by atoms with Crippen LogP contribution < -0.4 is 5.11 Å². The van der Waals surface area contributed by atoms with Gasteiger partial charge in [0.1, 0.15) is 5.76 Å². The molecule has 2 rings (SSSR count). The first kappa shape index (κ1) is 15.5. The SMILES string of the molecule is O=C([O-])[C@H](Cc1ccco1)P(=O)(O)[C@@H](O)c1ccccc1. The number of benzene rings is 1. The van der Waals surface area contributed by atoms with Crippen LogP contribution in [0.2, 0.25) is 0 Å². The van der Waals surface area contributed by atoms with Crippen molar-refractivity contribution in [3.05, 3.63) is 60.1 Å². The van der Waals surface area contributed by atoms with Gasteiger partial charge in [-0.05, 0) is 17.7 Å². The van der Waals surface area contributed by atoms with Gasteiger partial charge in [-0.3, -0.25) is 4.57 Å².